The molecular formula is C17H17F3N2O3S. The van der Waals surface area contributed by atoms with E-state index in [4.69, 9.17) is 0 Å². The Morgan fingerprint density at radius 1 is 1.08 bits per heavy atom. The fourth-order valence-corrected chi connectivity index (χ4v) is 3.21. The molecule has 9 heteroatoms. The van der Waals surface area contributed by atoms with Gasteiger partial charge in [0.25, 0.3) is 0 Å². The second kappa shape index (κ2) is 7.36. The number of sulfonamides is 1. The van der Waals surface area contributed by atoms with Crippen LogP contribution in [0.15, 0.2) is 30.3 Å². The Kier molecular flexibility index (Phi) is 5.60. The number of carbonyl (C=O) groups excluding carboxylic acids is 1. The van der Waals surface area contributed by atoms with Gasteiger partial charge in [0.15, 0.2) is 17.5 Å². The molecule has 0 aromatic heterocycles. The van der Waals surface area contributed by atoms with Crippen LogP contribution in [0.3, 0.4) is 0 Å². The van der Waals surface area contributed by atoms with E-state index < -0.39 is 45.6 Å². The molecule has 0 fully saturated rings. The zero-order chi connectivity index (χ0) is 19.6. The molecule has 0 radical (unpaired) electrons. The van der Waals surface area contributed by atoms with Gasteiger partial charge in [-0.15, -0.1) is 0 Å². The molecule has 0 bridgehead atoms. The molecule has 0 saturated heterocycles. The summed E-state index contributed by atoms with van der Waals surface area (Å²) in [5.74, 6) is -5.72. The minimum atomic E-state index is -4.13. The molecule has 0 atom stereocenters. The van der Waals surface area contributed by atoms with Gasteiger partial charge < -0.3 is 5.32 Å². The van der Waals surface area contributed by atoms with Gasteiger partial charge in [-0.05, 0) is 37.6 Å². The van der Waals surface area contributed by atoms with Crippen molar-refractivity contribution < 1.29 is 26.4 Å². The van der Waals surface area contributed by atoms with E-state index in [1.165, 1.54) is 0 Å². The third-order valence-electron chi connectivity index (χ3n) is 3.63. The maximum Gasteiger partial charge on any atom is 0.245 e. The van der Waals surface area contributed by atoms with Gasteiger partial charge >= 0.3 is 0 Å². The van der Waals surface area contributed by atoms with Crippen LogP contribution in [0.2, 0.25) is 0 Å². The highest BCUT2D eigenvalue weighted by molar-refractivity contribution is 7.92. The maximum absolute atomic E-state index is 14.0. The minimum Gasteiger partial charge on any atom is -0.324 e. The number of rotatable bonds is 5. The van der Waals surface area contributed by atoms with Crippen LogP contribution >= 0.6 is 0 Å². The third kappa shape index (κ3) is 4.34. The van der Waals surface area contributed by atoms with Crippen LogP contribution in [0.25, 0.3) is 0 Å². The second-order valence-corrected chi connectivity index (χ2v) is 7.74. The standard InChI is InChI=1S/C17H17F3N2O3S/c1-10-4-6-13(11(2)8-10)21-15(23)9-22(26(3,24)25)14-7-5-12(18)16(19)17(14)20/h4-8H,9H2,1-3H3,(H,21,23). The van der Waals surface area contributed by atoms with E-state index >= 15 is 0 Å². The average molecular weight is 386 g/mol. The number of hydrogen-bond donors (Lipinski definition) is 1. The van der Waals surface area contributed by atoms with Crippen molar-refractivity contribution in [3.63, 3.8) is 0 Å². The van der Waals surface area contributed by atoms with Gasteiger partial charge in [-0.25, -0.2) is 21.6 Å². The van der Waals surface area contributed by atoms with E-state index in [9.17, 15) is 26.4 Å². The van der Waals surface area contributed by atoms with Crippen molar-refractivity contribution in [3.05, 3.63) is 58.9 Å². The molecule has 0 aliphatic rings. The molecule has 0 spiro atoms. The molecule has 2 aromatic carbocycles. The fraction of sp³-hybridized carbons (Fsp3) is 0.235. The van der Waals surface area contributed by atoms with E-state index in [-0.39, 0.29) is 0 Å². The number of aryl methyl sites for hydroxylation is 2. The Morgan fingerprint density at radius 2 is 1.73 bits per heavy atom. The predicted molar refractivity (Wildman–Crippen MR) is 93.1 cm³/mol. The molecule has 5 nitrogen and oxygen atoms in total. The SMILES string of the molecule is Cc1ccc(NC(=O)CN(c2ccc(F)c(F)c2F)S(C)(=O)=O)c(C)c1. The van der Waals surface area contributed by atoms with E-state index in [0.717, 1.165) is 23.4 Å². The van der Waals surface area contributed by atoms with Crippen LogP contribution in [0.4, 0.5) is 24.5 Å². The number of benzene rings is 2. The number of anilines is 2. The summed E-state index contributed by atoms with van der Waals surface area (Å²) in [5.41, 5.74) is 1.44. The summed E-state index contributed by atoms with van der Waals surface area (Å²) in [6.07, 6.45) is 0.734. The van der Waals surface area contributed by atoms with Crippen LogP contribution in [0.1, 0.15) is 11.1 Å². The zero-order valence-corrected chi connectivity index (χ0v) is 15.1. The Balaban J connectivity index is 2.32. The van der Waals surface area contributed by atoms with Crippen LogP contribution in [-0.4, -0.2) is 27.1 Å². The number of hydrogen-bond acceptors (Lipinski definition) is 3. The minimum absolute atomic E-state index is 0.379. The summed E-state index contributed by atoms with van der Waals surface area (Å²) in [7, 11) is -4.13. The Labute approximate surface area is 149 Å². The highest BCUT2D eigenvalue weighted by Gasteiger charge is 2.26. The summed E-state index contributed by atoms with van der Waals surface area (Å²) in [4.78, 5) is 12.2. The molecule has 26 heavy (non-hydrogen) atoms. The first-order chi connectivity index (χ1) is 12.0. The van der Waals surface area contributed by atoms with Gasteiger partial charge in [-0.3, -0.25) is 9.10 Å². The first-order valence-corrected chi connectivity index (χ1v) is 9.34. The monoisotopic (exact) mass is 386 g/mol. The Bertz CT molecular complexity index is 962. The van der Waals surface area contributed by atoms with E-state index in [1.807, 2.05) is 13.0 Å². The molecule has 140 valence electrons. The lowest BCUT2D eigenvalue weighted by molar-refractivity contribution is -0.114. The molecule has 2 rings (SSSR count). The Hall–Kier alpha value is -2.55. The van der Waals surface area contributed by atoms with Gasteiger partial charge in [0, 0.05) is 5.69 Å². The van der Waals surface area contributed by atoms with Crippen LogP contribution in [0.5, 0.6) is 0 Å². The number of nitrogens with one attached hydrogen (secondary N) is 1. The molecule has 2 aromatic rings. The lowest BCUT2D eigenvalue weighted by Crippen LogP contribution is -2.38. The molecule has 1 N–H and O–H groups in total. The van der Waals surface area contributed by atoms with Gasteiger partial charge in [0.05, 0.1) is 11.9 Å². The van der Waals surface area contributed by atoms with E-state index in [2.05, 4.69) is 5.32 Å². The number of nitrogens with zero attached hydrogens (tertiary/aromatic N) is 1. The van der Waals surface area contributed by atoms with E-state index in [0.29, 0.717) is 16.1 Å². The van der Waals surface area contributed by atoms with Crippen molar-refractivity contribution in [2.75, 3.05) is 22.4 Å². The first-order valence-electron chi connectivity index (χ1n) is 7.49. The maximum atomic E-state index is 14.0. The van der Waals surface area contributed by atoms with Crippen molar-refractivity contribution in [1.29, 1.82) is 0 Å². The van der Waals surface area contributed by atoms with Crippen molar-refractivity contribution in [2.24, 2.45) is 0 Å². The normalized spacial score (nSPS) is 11.3. The lowest BCUT2D eigenvalue weighted by Gasteiger charge is -2.22. The summed E-state index contributed by atoms with van der Waals surface area (Å²) < 4.78 is 64.8. The first kappa shape index (κ1) is 19.8. The second-order valence-electron chi connectivity index (χ2n) is 5.83. The van der Waals surface area contributed by atoms with Gasteiger partial charge in [-0.1, -0.05) is 17.7 Å². The van der Waals surface area contributed by atoms with E-state index in [1.54, 1.807) is 19.1 Å². The number of halogens is 3. The zero-order valence-electron chi connectivity index (χ0n) is 14.3. The quantitative estimate of drug-likeness (QED) is 0.803. The predicted octanol–water partition coefficient (Wildman–Crippen LogP) is 3.13. The van der Waals surface area contributed by atoms with Crippen molar-refractivity contribution in [1.82, 2.24) is 0 Å². The third-order valence-corrected chi connectivity index (χ3v) is 4.75. The Morgan fingerprint density at radius 3 is 2.31 bits per heavy atom. The molecule has 0 aliphatic heterocycles. The van der Waals surface area contributed by atoms with Crippen molar-refractivity contribution in [2.45, 2.75) is 13.8 Å². The van der Waals surface area contributed by atoms with Crippen LogP contribution < -0.4 is 9.62 Å². The molecule has 0 unspecified atom stereocenters. The summed E-state index contributed by atoms with van der Waals surface area (Å²) in [5, 5.41) is 2.52. The molecule has 0 heterocycles. The lowest BCUT2D eigenvalue weighted by atomic mass is 10.1. The van der Waals surface area contributed by atoms with Crippen LogP contribution in [-0.2, 0) is 14.8 Å². The molecule has 0 aliphatic carbocycles. The summed E-state index contributed by atoms with van der Waals surface area (Å²) >= 11 is 0. The average Bonchev–Trinajstić information content (AvgIpc) is 2.53. The molecule has 0 saturated carbocycles. The highest BCUT2D eigenvalue weighted by atomic mass is 32.2. The molecular weight excluding hydrogens is 369 g/mol. The van der Waals surface area contributed by atoms with Gasteiger partial charge in [-0.2, -0.15) is 0 Å². The van der Waals surface area contributed by atoms with Gasteiger partial charge in [0.1, 0.15) is 6.54 Å². The smallest absolute Gasteiger partial charge is 0.245 e. The van der Waals surface area contributed by atoms with Crippen LogP contribution in [0, 0.1) is 31.3 Å². The topological polar surface area (TPSA) is 66.5 Å². The summed E-state index contributed by atoms with van der Waals surface area (Å²) in [6, 6.07) is 6.57. The highest BCUT2D eigenvalue weighted by Crippen LogP contribution is 2.25. The van der Waals surface area contributed by atoms with Crippen molar-refractivity contribution in [3.8, 4) is 0 Å². The summed E-state index contributed by atoms with van der Waals surface area (Å²) in [6.45, 7) is 2.83. The number of amides is 1. The largest absolute Gasteiger partial charge is 0.324 e. The molecule has 1 amide bonds. The van der Waals surface area contributed by atoms with Gasteiger partial charge in [0.2, 0.25) is 15.9 Å². The van der Waals surface area contributed by atoms with Crippen molar-refractivity contribution >= 4 is 27.3 Å². The fourth-order valence-electron chi connectivity index (χ4n) is 2.36. The number of carbonyl (C=O) groups is 1.